The summed E-state index contributed by atoms with van der Waals surface area (Å²) in [5, 5.41) is 10.0. The molecule has 0 aliphatic rings. The standard InChI is InChI=1S/C17H18ClN3OS2/c1-10-11(2)14(7-19)17(20-12(10)3)23-9-16(22)21(4)8-13-5-6-15(18)24-13/h5-6H,8-9H2,1-4H3. The minimum Gasteiger partial charge on any atom is -0.340 e. The molecule has 24 heavy (non-hydrogen) atoms. The van der Waals surface area contributed by atoms with Crippen LogP contribution < -0.4 is 0 Å². The predicted octanol–water partition coefficient (Wildman–Crippen LogP) is 4.34. The van der Waals surface area contributed by atoms with Gasteiger partial charge in [0.1, 0.15) is 11.1 Å². The molecule has 0 aliphatic heterocycles. The van der Waals surface area contributed by atoms with Crippen molar-refractivity contribution in [3.05, 3.63) is 43.7 Å². The Morgan fingerprint density at radius 3 is 2.67 bits per heavy atom. The van der Waals surface area contributed by atoms with E-state index in [1.54, 1.807) is 11.9 Å². The summed E-state index contributed by atoms with van der Waals surface area (Å²) in [7, 11) is 1.76. The fraction of sp³-hybridized carbons (Fsp3) is 0.353. The normalized spacial score (nSPS) is 10.5. The fourth-order valence-electron chi connectivity index (χ4n) is 2.15. The summed E-state index contributed by atoms with van der Waals surface area (Å²) in [6.07, 6.45) is 0. The number of nitriles is 1. The summed E-state index contributed by atoms with van der Waals surface area (Å²) in [5.41, 5.74) is 3.40. The smallest absolute Gasteiger partial charge is 0.233 e. The lowest BCUT2D eigenvalue weighted by Gasteiger charge is -2.16. The number of carbonyl (C=O) groups excluding carboxylic acids is 1. The molecule has 1 amide bonds. The van der Waals surface area contributed by atoms with E-state index < -0.39 is 0 Å². The maximum Gasteiger partial charge on any atom is 0.233 e. The topological polar surface area (TPSA) is 57.0 Å². The van der Waals surface area contributed by atoms with Crippen molar-refractivity contribution in [2.45, 2.75) is 32.3 Å². The molecule has 2 aromatic heterocycles. The Kier molecular flexibility index (Phi) is 6.27. The molecule has 0 fully saturated rings. The predicted molar refractivity (Wildman–Crippen MR) is 99.7 cm³/mol. The summed E-state index contributed by atoms with van der Waals surface area (Å²) in [6.45, 7) is 6.32. The van der Waals surface area contributed by atoms with Gasteiger partial charge in [0.15, 0.2) is 0 Å². The zero-order valence-electron chi connectivity index (χ0n) is 14.0. The Balaban J connectivity index is 2.05. The van der Waals surface area contributed by atoms with Crippen LogP contribution in [0, 0.1) is 32.1 Å². The van der Waals surface area contributed by atoms with E-state index in [0.717, 1.165) is 21.7 Å². The van der Waals surface area contributed by atoms with Crippen molar-refractivity contribution in [2.75, 3.05) is 12.8 Å². The Morgan fingerprint density at radius 2 is 2.08 bits per heavy atom. The first-order chi connectivity index (χ1) is 11.3. The van der Waals surface area contributed by atoms with E-state index >= 15 is 0 Å². The van der Waals surface area contributed by atoms with Gasteiger partial charge in [0.05, 0.1) is 22.2 Å². The van der Waals surface area contributed by atoms with Gasteiger partial charge < -0.3 is 4.90 Å². The molecule has 0 saturated carbocycles. The molecule has 0 aliphatic carbocycles. The fourth-order valence-corrected chi connectivity index (χ4v) is 4.31. The van der Waals surface area contributed by atoms with E-state index in [4.69, 9.17) is 11.6 Å². The lowest BCUT2D eigenvalue weighted by Crippen LogP contribution is -2.27. The molecular weight excluding hydrogens is 362 g/mol. The van der Waals surface area contributed by atoms with Crippen LogP contribution in [-0.2, 0) is 11.3 Å². The number of pyridine rings is 1. The lowest BCUT2D eigenvalue weighted by molar-refractivity contribution is -0.127. The second-order valence-electron chi connectivity index (χ2n) is 5.48. The van der Waals surface area contributed by atoms with Crippen molar-refractivity contribution in [3.8, 4) is 6.07 Å². The summed E-state index contributed by atoms with van der Waals surface area (Å²) in [4.78, 5) is 19.5. The van der Waals surface area contributed by atoms with E-state index in [-0.39, 0.29) is 11.7 Å². The first kappa shape index (κ1) is 18.8. The quantitative estimate of drug-likeness (QED) is 0.725. The van der Waals surface area contributed by atoms with Gasteiger partial charge in [-0.05, 0) is 44.0 Å². The van der Waals surface area contributed by atoms with Gasteiger partial charge in [0.25, 0.3) is 0 Å². The van der Waals surface area contributed by atoms with Crippen LogP contribution in [0.25, 0.3) is 0 Å². The molecule has 0 N–H and O–H groups in total. The first-order valence-electron chi connectivity index (χ1n) is 7.32. The molecule has 0 saturated heterocycles. The molecule has 2 aromatic rings. The Hall–Kier alpha value is -1.55. The molecule has 0 bridgehead atoms. The molecule has 2 heterocycles. The number of thioether (sulfide) groups is 1. The van der Waals surface area contributed by atoms with Crippen LogP contribution in [0.4, 0.5) is 0 Å². The minimum absolute atomic E-state index is 0.00825. The van der Waals surface area contributed by atoms with Crippen molar-refractivity contribution < 1.29 is 4.79 Å². The van der Waals surface area contributed by atoms with Gasteiger partial charge >= 0.3 is 0 Å². The molecular formula is C17H18ClN3OS2. The highest BCUT2D eigenvalue weighted by Gasteiger charge is 2.16. The van der Waals surface area contributed by atoms with Crippen LogP contribution in [0.15, 0.2) is 17.2 Å². The number of aryl methyl sites for hydroxylation is 1. The third-order valence-electron chi connectivity index (χ3n) is 3.86. The number of halogens is 1. The average molecular weight is 380 g/mol. The number of hydrogen-bond acceptors (Lipinski definition) is 5. The Bertz CT molecular complexity index is 811. The SMILES string of the molecule is Cc1nc(SCC(=O)N(C)Cc2ccc(Cl)s2)c(C#N)c(C)c1C. The third-order valence-corrected chi connectivity index (χ3v) is 6.03. The van der Waals surface area contributed by atoms with E-state index in [9.17, 15) is 10.1 Å². The molecule has 0 aromatic carbocycles. The number of rotatable bonds is 5. The number of aromatic nitrogens is 1. The Labute approximate surface area is 155 Å². The van der Waals surface area contributed by atoms with E-state index in [1.165, 1.54) is 23.1 Å². The summed E-state index contributed by atoms with van der Waals surface area (Å²) >= 11 is 8.69. The van der Waals surface area contributed by atoms with Gasteiger partial charge in [-0.25, -0.2) is 4.98 Å². The Morgan fingerprint density at radius 1 is 1.38 bits per heavy atom. The van der Waals surface area contributed by atoms with Gasteiger partial charge in [0.2, 0.25) is 5.91 Å². The average Bonchev–Trinajstić information content (AvgIpc) is 2.95. The molecule has 0 radical (unpaired) electrons. The van der Waals surface area contributed by atoms with Crippen LogP contribution in [0.1, 0.15) is 27.3 Å². The van der Waals surface area contributed by atoms with Crippen molar-refractivity contribution in [1.82, 2.24) is 9.88 Å². The van der Waals surface area contributed by atoms with Crippen molar-refractivity contribution in [3.63, 3.8) is 0 Å². The summed E-state index contributed by atoms with van der Waals surface area (Å²) in [6, 6.07) is 5.96. The van der Waals surface area contributed by atoms with E-state index in [0.29, 0.717) is 21.5 Å². The highest BCUT2D eigenvalue weighted by molar-refractivity contribution is 8.00. The number of thiophene rings is 1. The largest absolute Gasteiger partial charge is 0.340 e. The number of nitrogens with zero attached hydrogens (tertiary/aromatic N) is 3. The molecule has 2 rings (SSSR count). The molecule has 0 spiro atoms. The van der Waals surface area contributed by atoms with Crippen LogP contribution in [0.5, 0.6) is 0 Å². The molecule has 0 atom stereocenters. The number of hydrogen-bond donors (Lipinski definition) is 0. The second-order valence-corrected chi connectivity index (χ2v) is 8.25. The first-order valence-corrected chi connectivity index (χ1v) is 9.50. The summed E-state index contributed by atoms with van der Waals surface area (Å²) < 4.78 is 0.716. The zero-order chi connectivity index (χ0) is 17.9. The molecule has 4 nitrogen and oxygen atoms in total. The minimum atomic E-state index is -0.00825. The highest BCUT2D eigenvalue weighted by Crippen LogP contribution is 2.27. The third kappa shape index (κ3) is 4.29. The number of amides is 1. The zero-order valence-corrected chi connectivity index (χ0v) is 16.4. The van der Waals surface area contributed by atoms with Crippen LogP contribution in [0.3, 0.4) is 0 Å². The van der Waals surface area contributed by atoms with Crippen LogP contribution in [-0.4, -0.2) is 28.6 Å². The van der Waals surface area contributed by atoms with Crippen molar-refractivity contribution in [1.29, 1.82) is 5.26 Å². The van der Waals surface area contributed by atoms with Crippen molar-refractivity contribution in [2.24, 2.45) is 0 Å². The van der Waals surface area contributed by atoms with Gasteiger partial charge in [-0.1, -0.05) is 23.4 Å². The number of carbonyl (C=O) groups is 1. The van der Waals surface area contributed by atoms with E-state index in [1.807, 2.05) is 32.9 Å². The lowest BCUT2D eigenvalue weighted by atomic mass is 10.1. The molecule has 0 unspecified atom stereocenters. The van der Waals surface area contributed by atoms with Gasteiger partial charge in [-0.2, -0.15) is 5.26 Å². The second kappa shape index (κ2) is 8.02. The molecule has 126 valence electrons. The van der Waals surface area contributed by atoms with Gasteiger partial charge in [-0.3, -0.25) is 4.79 Å². The molecule has 7 heteroatoms. The van der Waals surface area contributed by atoms with Gasteiger partial charge in [0, 0.05) is 17.6 Å². The highest BCUT2D eigenvalue weighted by atomic mass is 35.5. The van der Waals surface area contributed by atoms with Crippen LogP contribution in [0.2, 0.25) is 4.34 Å². The maximum absolute atomic E-state index is 12.3. The van der Waals surface area contributed by atoms with E-state index in [2.05, 4.69) is 11.1 Å². The van der Waals surface area contributed by atoms with Crippen molar-refractivity contribution >= 4 is 40.6 Å². The monoisotopic (exact) mass is 379 g/mol. The summed E-state index contributed by atoms with van der Waals surface area (Å²) in [5.74, 6) is 0.241. The van der Waals surface area contributed by atoms with Gasteiger partial charge in [-0.15, -0.1) is 11.3 Å². The maximum atomic E-state index is 12.3. The van der Waals surface area contributed by atoms with Crippen LogP contribution >= 0.6 is 34.7 Å².